The highest BCUT2D eigenvalue weighted by atomic mass is 16.6. The summed E-state index contributed by atoms with van der Waals surface area (Å²) in [7, 11) is 0. The Labute approximate surface area is 398 Å². The highest BCUT2D eigenvalue weighted by Crippen LogP contribution is 2.15. The maximum atomic E-state index is 12.8. The smallest absolute Gasteiger partial charge is 0.306 e. The Morgan fingerprint density at radius 1 is 0.359 bits per heavy atom. The van der Waals surface area contributed by atoms with Gasteiger partial charge in [-0.25, -0.2) is 0 Å². The van der Waals surface area contributed by atoms with E-state index >= 15 is 0 Å². The Kier molecular flexibility index (Phi) is 52.9. The van der Waals surface area contributed by atoms with Crippen LogP contribution in [-0.2, 0) is 23.8 Å². The first-order valence-electron chi connectivity index (χ1n) is 27.8. The van der Waals surface area contributed by atoms with Gasteiger partial charge in [0.1, 0.15) is 6.61 Å². The van der Waals surface area contributed by atoms with Crippen molar-refractivity contribution < 1.29 is 23.8 Å². The van der Waals surface area contributed by atoms with Crippen LogP contribution in [0.1, 0.15) is 278 Å². The van der Waals surface area contributed by atoms with Crippen molar-refractivity contribution in [3.8, 4) is 0 Å². The second-order valence-electron chi connectivity index (χ2n) is 18.4. The van der Waals surface area contributed by atoms with Crippen molar-refractivity contribution in [2.75, 3.05) is 19.8 Å². The predicted molar refractivity (Wildman–Crippen MR) is 279 cm³/mol. The van der Waals surface area contributed by atoms with Crippen LogP contribution in [0.4, 0.5) is 0 Å². The van der Waals surface area contributed by atoms with Crippen LogP contribution < -0.4 is 0 Å². The molecule has 0 aliphatic heterocycles. The number of esters is 2. The average molecular weight is 895 g/mol. The molecule has 0 radical (unpaired) electrons. The van der Waals surface area contributed by atoms with E-state index in [1.54, 1.807) is 0 Å². The quantitative estimate of drug-likeness (QED) is 0.0346. The summed E-state index contributed by atoms with van der Waals surface area (Å²) in [5.41, 5.74) is 0. The third-order valence-electron chi connectivity index (χ3n) is 12.0. The fourth-order valence-corrected chi connectivity index (χ4v) is 7.87. The first kappa shape index (κ1) is 61.6. The highest BCUT2D eigenvalue weighted by Gasteiger charge is 2.17. The second-order valence-corrected chi connectivity index (χ2v) is 18.4. The van der Waals surface area contributed by atoms with Crippen molar-refractivity contribution in [3.05, 3.63) is 60.8 Å². The molecule has 1 atom stereocenters. The molecule has 5 heteroatoms. The maximum absolute atomic E-state index is 12.8. The Bertz CT molecular complexity index is 1100. The predicted octanol–water partition coefficient (Wildman–Crippen LogP) is 18.9. The Morgan fingerprint density at radius 3 is 1.14 bits per heavy atom. The lowest BCUT2D eigenvalue weighted by Crippen LogP contribution is -2.30. The summed E-state index contributed by atoms with van der Waals surface area (Å²) >= 11 is 0. The summed E-state index contributed by atoms with van der Waals surface area (Å²) in [6.07, 6.45) is 69.5. The van der Waals surface area contributed by atoms with Crippen molar-refractivity contribution in [3.63, 3.8) is 0 Å². The monoisotopic (exact) mass is 895 g/mol. The second kappa shape index (κ2) is 54.9. The van der Waals surface area contributed by atoms with E-state index < -0.39 is 6.10 Å². The van der Waals surface area contributed by atoms with Gasteiger partial charge in [-0.15, -0.1) is 0 Å². The summed E-state index contributed by atoms with van der Waals surface area (Å²) in [6, 6.07) is 0. The Balaban J connectivity index is 4.29. The lowest BCUT2D eigenvalue weighted by Gasteiger charge is -2.18. The molecule has 0 heterocycles. The minimum absolute atomic E-state index is 0.0726. The molecule has 0 saturated heterocycles. The summed E-state index contributed by atoms with van der Waals surface area (Å²) in [6.45, 7) is 7.68. The van der Waals surface area contributed by atoms with E-state index in [4.69, 9.17) is 14.2 Å². The molecule has 0 spiro atoms. The van der Waals surface area contributed by atoms with Crippen LogP contribution in [0.25, 0.3) is 0 Å². The molecule has 64 heavy (non-hydrogen) atoms. The average Bonchev–Trinajstić information content (AvgIpc) is 3.30. The van der Waals surface area contributed by atoms with Gasteiger partial charge in [-0.05, 0) is 103 Å². The third kappa shape index (κ3) is 52.2. The van der Waals surface area contributed by atoms with Gasteiger partial charge >= 0.3 is 11.9 Å². The van der Waals surface area contributed by atoms with Crippen LogP contribution in [0.2, 0.25) is 0 Å². The lowest BCUT2D eigenvalue weighted by atomic mass is 10.1. The summed E-state index contributed by atoms with van der Waals surface area (Å²) in [5, 5.41) is 0. The fraction of sp³-hybridized carbons (Fsp3) is 0.797. The zero-order valence-corrected chi connectivity index (χ0v) is 42.8. The van der Waals surface area contributed by atoms with Crippen LogP contribution in [-0.4, -0.2) is 37.9 Å². The zero-order chi connectivity index (χ0) is 46.3. The first-order chi connectivity index (χ1) is 31.6. The molecule has 0 saturated carbocycles. The molecular weight excluding hydrogens is 789 g/mol. The van der Waals surface area contributed by atoms with Crippen LogP contribution in [0.5, 0.6) is 0 Å². The molecule has 0 aliphatic rings. The van der Waals surface area contributed by atoms with Crippen LogP contribution in [0.3, 0.4) is 0 Å². The minimum atomic E-state index is -0.552. The van der Waals surface area contributed by atoms with Crippen molar-refractivity contribution in [1.82, 2.24) is 0 Å². The normalized spacial score (nSPS) is 12.6. The zero-order valence-electron chi connectivity index (χ0n) is 42.8. The summed E-state index contributed by atoms with van der Waals surface area (Å²) < 4.78 is 17.4. The van der Waals surface area contributed by atoms with E-state index in [-0.39, 0.29) is 25.2 Å². The Hall–Kier alpha value is -2.40. The van der Waals surface area contributed by atoms with Gasteiger partial charge in [0.15, 0.2) is 6.10 Å². The van der Waals surface area contributed by atoms with E-state index in [1.807, 2.05) is 0 Å². The number of unbranched alkanes of at least 4 members (excludes halogenated alkanes) is 30. The molecule has 0 N–H and O–H groups in total. The van der Waals surface area contributed by atoms with E-state index in [2.05, 4.69) is 81.5 Å². The van der Waals surface area contributed by atoms with Crippen molar-refractivity contribution in [2.45, 2.75) is 284 Å². The van der Waals surface area contributed by atoms with Crippen molar-refractivity contribution in [1.29, 1.82) is 0 Å². The number of rotatable bonds is 51. The fourth-order valence-electron chi connectivity index (χ4n) is 7.87. The number of allylic oxidation sites excluding steroid dienone is 10. The van der Waals surface area contributed by atoms with Crippen LogP contribution >= 0.6 is 0 Å². The molecule has 372 valence electrons. The number of carbonyl (C=O) groups excluding carboxylic acids is 2. The molecule has 0 aromatic carbocycles. The number of hydrogen-bond acceptors (Lipinski definition) is 5. The van der Waals surface area contributed by atoms with Gasteiger partial charge in [0.25, 0.3) is 0 Å². The topological polar surface area (TPSA) is 61.8 Å². The van der Waals surface area contributed by atoms with Gasteiger partial charge in [0, 0.05) is 19.4 Å². The van der Waals surface area contributed by atoms with Gasteiger partial charge < -0.3 is 14.2 Å². The van der Waals surface area contributed by atoms with E-state index in [9.17, 15) is 9.59 Å². The molecule has 1 unspecified atom stereocenters. The van der Waals surface area contributed by atoms with Crippen LogP contribution in [0.15, 0.2) is 60.8 Å². The van der Waals surface area contributed by atoms with E-state index in [1.165, 1.54) is 167 Å². The molecule has 0 fully saturated rings. The molecule has 5 nitrogen and oxygen atoms in total. The number of hydrogen-bond donors (Lipinski definition) is 0. The molecule has 0 bridgehead atoms. The van der Waals surface area contributed by atoms with Gasteiger partial charge in [-0.3, -0.25) is 9.59 Å². The summed E-state index contributed by atoms with van der Waals surface area (Å²) in [5.74, 6) is -0.411. The van der Waals surface area contributed by atoms with Crippen molar-refractivity contribution >= 4 is 11.9 Å². The highest BCUT2D eigenvalue weighted by molar-refractivity contribution is 5.70. The molecule has 0 aromatic rings. The number of carbonyl (C=O) groups is 2. The third-order valence-corrected chi connectivity index (χ3v) is 12.0. The SMILES string of the molecule is CC/C=C\C/C=C\C/C=C\CCCCCCOCC(COC(=O)CCCCCCCCC/C=C\CCCCCCCC)OC(=O)CCCCCCCCC/C=C\CCCCCCCC. The molecular formula is C59H106O5. The van der Waals surface area contributed by atoms with E-state index in [0.717, 1.165) is 77.0 Å². The van der Waals surface area contributed by atoms with E-state index in [0.29, 0.717) is 19.4 Å². The van der Waals surface area contributed by atoms with Gasteiger partial charge in [0.2, 0.25) is 0 Å². The minimum Gasteiger partial charge on any atom is -0.462 e. The molecule has 0 aliphatic carbocycles. The molecule has 0 aromatic heterocycles. The first-order valence-corrected chi connectivity index (χ1v) is 27.8. The maximum Gasteiger partial charge on any atom is 0.306 e. The number of ether oxygens (including phenoxy) is 3. The lowest BCUT2D eigenvalue weighted by molar-refractivity contribution is -0.163. The molecule has 0 amide bonds. The standard InChI is InChI=1S/C59H106O5/c1-4-7-10-13-16-19-22-25-28-30-32-34-37-40-43-46-49-52-58(60)63-56-57(55-62-54-51-48-45-42-39-36-27-24-21-18-15-12-9-6-3)64-59(61)53-50-47-44-41-38-35-33-31-29-26-23-20-17-14-11-8-5-2/h9,12,18,21,25-29,36,57H,4-8,10-11,13-17,19-20,22-24,30-35,37-56H2,1-3H3/b12-9-,21-18-,28-25-,29-26-,36-27-. The van der Waals surface area contributed by atoms with Crippen LogP contribution in [0, 0.1) is 0 Å². The van der Waals surface area contributed by atoms with Gasteiger partial charge in [-0.1, -0.05) is 223 Å². The van der Waals surface area contributed by atoms with Gasteiger partial charge in [0.05, 0.1) is 6.61 Å². The molecule has 0 rings (SSSR count). The summed E-state index contributed by atoms with van der Waals surface area (Å²) in [4.78, 5) is 25.5. The van der Waals surface area contributed by atoms with Gasteiger partial charge in [-0.2, -0.15) is 0 Å². The largest absolute Gasteiger partial charge is 0.462 e. The Morgan fingerprint density at radius 2 is 0.703 bits per heavy atom. The van der Waals surface area contributed by atoms with Crippen molar-refractivity contribution in [2.24, 2.45) is 0 Å².